The molecule has 0 radical (unpaired) electrons. The van der Waals surface area contributed by atoms with E-state index in [1.165, 1.54) is 0 Å². The van der Waals surface area contributed by atoms with Gasteiger partial charge >= 0.3 is 0 Å². The van der Waals surface area contributed by atoms with E-state index in [1.54, 1.807) is 7.11 Å². The second-order valence-electron chi connectivity index (χ2n) is 4.09. The highest BCUT2D eigenvalue weighted by atomic mass is 16.6. The van der Waals surface area contributed by atoms with E-state index in [4.69, 9.17) is 18.9 Å². The molecule has 1 heterocycles. The fourth-order valence-electron chi connectivity index (χ4n) is 2.35. The lowest BCUT2D eigenvalue weighted by molar-refractivity contribution is -0.243. The summed E-state index contributed by atoms with van der Waals surface area (Å²) in [5.41, 5.74) is 0. The predicted molar refractivity (Wildman–Crippen MR) is 61.6 cm³/mol. The maximum atomic E-state index is 5.80. The lowest BCUT2D eigenvalue weighted by Gasteiger charge is -2.43. The third-order valence-electron chi connectivity index (χ3n) is 2.99. The van der Waals surface area contributed by atoms with Crippen LogP contribution in [-0.4, -0.2) is 50.8 Å². The van der Waals surface area contributed by atoms with Gasteiger partial charge in [-0.2, -0.15) is 0 Å². The maximum absolute atomic E-state index is 5.80. The quantitative estimate of drug-likeness (QED) is 0.722. The van der Waals surface area contributed by atoms with E-state index in [9.17, 15) is 0 Å². The first-order valence-corrected chi connectivity index (χ1v) is 6.07. The molecule has 4 heteroatoms. The van der Waals surface area contributed by atoms with Crippen LogP contribution in [-0.2, 0) is 18.9 Å². The molecule has 0 aromatic carbocycles. The molecule has 1 saturated heterocycles. The summed E-state index contributed by atoms with van der Waals surface area (Å²) in [6, 6.07) is 0. The lowest BCUT2D eigenvalue weighted by Crippen LogP contribution is -2.58. The van der Waals surface area contributed by atoms with Crippen LogP contribution >= 0.6 is 0 Å². The summed E-state index contributed by atoms with van der Waals surface area (Å²) in [6.45, 7) is 9.32. The second-order valence-corrected chi connectivity index (χ2v) is 4.09. The Kier molecular flexibility index (Phi) is 5.69. The molecule has 0 aromatic rings. The molecule has 0 aromatic heterocycles. The fourth-order valence-corrected chi connectivity index (χ4v) is 2.35. The first kappa shape index (κ1) is 13.9. The van der Waals surface area contributed by atoms with Crippen LogP contribution in [0.3, 0.4) is 0 Å². The van der Waals surface area contributed by atoms with Gasteiger partial charge in [0.15, 0.2) is 0 Å². The van der Waals surface area contributed by atoms with Gasteiger partial charge in [-0.3, -0.25) is 0 Å². The highest BCUT2D eigenvalue weighted by Gasteiger charge is 2.43. The molecule has 16 heavy (non-hydrogen) atoms. The van der Waals surface area contributed by atoms with Gasteiger partial charge in [0.1, 0.15) is 18.3 Å². The number of methoxy groups -OCH3 is 1. The Bertz CT molecular complexity index is 197. The standard InChI is InChI=1S/C12H24O4/c1-6-14-11-9(4)16-8(3)10(13-5)12(11)15-7-2/h8-12H,6-7H2,1-5H3/t8-,9?,10?,11-,12?/m0/s1. The van der Waals surface area contributed by atoms with Crippen molar-refractivity contribution in [1.82, 2.24) is 0 Å². The molecular weight excluding hydrogens is 208 g/mol. The zero-order chi connectivity index (χ0) is 12.1. The van der Waals surface area contributed by atoms with Crippen molar-refractivity contribution in [2.75, 3.05) is 20.3 Å². The summed E-state index contributed by atoms with van der Waals surface area (Å²) in [6.07, 6.45) is -0.0846. The van der Waals surface area contributed by atoms with Gasteiger partial charge in [-0.15, -0.1) is 0 Å². The van der Waals surface area contributed by atoms with Crippen molar-refractivity contribution in [3.63, 3.8) is 0 Å². The first-order chi connectivity index (χ1) is 7.65. The van der Waals surface area contributed by atoms with Crippen molar-refractivity contribution in [2.24, 2.45) is 0 Å². The van der Waals surface area contributed by atoms with E-state index >= 15 is 0 Å². The average molecular weight is 232 g/mol. The molecule has 0 bridgehead atoms. The van der Waals surface area contributed by atoms with Crippen LogP contribution in [0.2, 0.25) is 0 Å². The minimum atomic E-state index is -0.0623. The van der Waals surface area contributed by atoms with Crippen LogP contribution in [0.4, 0.5) is 0 Å². The highest BCUT2D eigenvalue weighted by Crippen LogP contribution is 2.27. The van der Waals surface area contributed by atoms with Crippen LogP contribution in [0, 0.1) is 0 Å². The first-order valence-electron chi connectivity index (χ1n) is 6.07. The monoisotopic (exact) mass is 232 g/mol. The molecule has 1 aliphatic heterocycles. The maximum Gasteiger partial charge on any atom is 0.115 e. The Balaban J connectivity index is 2.77. The van der Waals surface area contributed by atoms with Crippen molar-refractivity contribution < 1.29 is 18.9 Å². The third kappa shape index (κ3) is 2.94. The minimum Gasteiger partial charge on any atom is -0.376 e. The van der Waals surface area contributed by atoms with Crippen molar-refractivity contribution in [3.05, 3.63) is 0 Å². The molecule has 0 N–H and O–H groups in total. The summed E-state index contributed by atoms with van der Waals surface area (Å²) in [7, 11) is 1.69. The Labute approximate surface area is 98.2 Å². The molecule has 1 rings (SSSR count). The molecule has 96 valence electrons. The van der Waals surface area contributed by atoms with Crippen LogP contribution in [0.1, 0.15) is 27.7 Å². The van der Waals surface area contributed by atoms with Crippen LogP contribution in [0.25, 0.3) is 0 Å². The SMILES string of the molecule is CCOC1C(OC)[C@H](C)OC(C)[C@@H]1OCC. The van der Waals surface area contributed by atoms with E-state index in [0.29, 0.717) is 13.2 Å². The summed E-state index contributed by atoms with van der Waals surface area (Å²) in [5, 5.41) is 0. The summed E-state index contributed by atoms with van der Waals surface area (Å²) >= 11 is 0. The fraction of sp³-hybridized carbons (Fsp3) is 1.00. The van der Waals surface area contributed by atoms with Gasteiger partial charge in [-0.1, -0.05) is 0 Å². The molecule has 3 unspecified atom stereocenters. The predicted octanol–water partition coefficient (Wildman–Crippen LogP) is 1.62. The Hall–Kier alpha value is -0.160. The highest BCUT2D eigenvalue weighted by molar-refractivity contribution is 4.92. The molecule has 0 amide bonds. The molecule has 1 aliphatic rings. The van der Waals surface area contributed by atoms with E-state index in [0.717, 1.165) is 0 Å². The Morgan fingerprint density at radius 1 is 0.875 bits per heavy atom. The normalized spacial score (nSPS) is 39.9. The molecule has 0 saturated carbocycles. The molecule has 0 spiro atoms. The summed E-state index contributed by atoms with van der Waals surface area (Å²) in [4.78, 5) is 0. The number of ether oxygens (including phenoxy) is 4. The van der Waals surface area contributed by atoms with Crippen molar-refractivity contribution in [3.8, 4) is 0 Å². The molecule has 4 nitrogen and oxygen atoms in total. The van der Waals surface area contributed by atoms with Gasteiger partial charge in [0, 0.05) is 20.3 Å². The van der Waals surface area contributed by atoms with Gasteiger partial charge in [-0.25, -0.2) is 0 Å². The van der Waals surface area contributed by atoms with Crippen LogP contribution in [0.15, 0.2) is 0 Å². The third-order valence-corrected chi connectivity index (χ3v) is 2.99. The zero-order valence-electron chi connectivity index (χ0n) is 10.9. The molecule has 1 fully saturated rings. The second kappa shape index (κ2) is 6.55. The topological polar surface area (TPSA) is 36.9 Å². The number of hydrogen-bond donors (Lipinski definition) is 0. The van der Waals surface area contributed by atoms with Gasteiger partial charge in [-0.05, 0) is 27.7 Å². The van der Waals surface area contributed by atoms with Gasteiger partial charge in [0.25, 0.3) is 0 Å². The van der Waals surface area contributed by atoms with E-state index in [2.05, 4.69) is 0 Å². The Morgan fingerprint density at radius 2 is 1.38 bits per heavy atom. The van der Waals surface area contributed by atoms with Gasteiger partial charge < -0.3 is 18.9 Å². The average Bonchev–Trinajstić information content (AvgIpc) is 2.24. The van der Waals surface area contributed by atoms with Crippen LogP contribution in [0.5, 0.6) is 0 Å². The van der Waals surface area contributed by atoms with Gasteiger partial charge in [0.05, 0.1) is 12.2 Å². The van der Waals surface area contributed by atoms with E-state index < -0.39 is 0 Å². The number of rotatable bonds is 5. The number of hydrogen-bond acceptors (Lipinski definition) is 4. The summed E-state index contributed by atoms with van der Waals surface area (Å²) < 4.78 is 22.7. The molecular formula is C12H24O4. The van der Waals surface area contributed by atoms with Gasteiger partial charge in [0.2, 0.25) is 0 Å². The van der Waals surface area contributed by atoms with E-state index in [-0.39, 0.29) is 30.5 Å². The van der Waals surface area contributed by atoms with Crippen LogP contribution < -0.4 is 0 Å². The largest absolute Gasteiger partial charge is 0.376 e. The molecule has 0 aliphatic carbocycles. The minimum absolute atomic E-state index is 0.0354. The smallest absolute Gasteiger partial charge is 0.115 e. The zero-order valence-corrected chi connectivity index (χ0v) is 10.9. The lowest BCUT2D eigenvalue weighted by atomic mass is 9.96. The van der Waals surface area contributed by atoms with Crippen molar-refractivity contribution >= 4 is 0 Å². The van der Waals surface area contributed by atoms with Crippen molar-refractivity contribution in [2.45, 2.75) is 58.2 Å². The summed E-state index contributed by atoms with van der Waals surface area (Å²) in [5.74, 6) is 0. The van der Waals surface area contributed by atoms with E-state index in [1.807, 2.05) is 27.7 Å². The Morgan fingerprint density at radius 3 is 1.88 bits per heavy atom. The van der Waals surface area contributed by atoms with Crippen molar-refractivity contribution in [1.29, 1.82) is 0 Å². The molecule has 5 atom stereocenters.